The van der Waals surface area contributed by atoms with Gasteiger partial charge in [-0.05, 0) is 17.7 Å². The highest BCUT2D eigenvalue weighted by atomic mass is 16.3. The monoisotopic (exact) mass is 391 g/mol. The maximum Gasteiger partial charge on any atom is 0.233 e. The molecule has 8 nitrogen and oxygen atoms in total. The summed E-state index contributed by atoms with van der Waals surface area (Å²) in [5.74, 6) is 0.827. The second-order valence-corrected chi connectivity index (χ2v) is 6.47. The van der Waals surface area contributed by atoms with E-state index < -0.39 is 6.04 Å². The molecule has 3 aromatic heterocycles. The largest absolute Gasteiger partial charge is 0.445 e. The highest BCUT2D eigenvalue weighted by Gasteiger charge is 2.18. The lowest BCUT2D eigenvalue weighted by atomic mass is 10.1. The number of benzene rings is 1. The van der Waals surface area contributed by atoms with Crippen molar-refractivity contribution < 1.29 is 14.6 Å². The zero-order chi connectivity index (χ0) is 20.1. The molecule has 0 unspecified atom stereocenters. The second kappa shape index (κ2) is 8.68. The number of nitrogens with one attached hydrogen (secondary N) is 2. The molecule has 0 saturated heterocycles. The first-order chi connectivity index (χ1) is 14.3. The molecule has 0 aliphatic heterocycles. The van der Waals surface area contributed by atoms with E-state index in [1.54, 1.807) is 12.5 Å². The Kier molecular flexibility index (Phi) is 5.64. The minimum Gasteiger partial charge on any atom is -0.445 e. The van der Waals surface area contributed by atoms with Crippen LogP contribution < -0.4 is 10.6 Å². The predicted octanol–water partition coefficient (Wildman–Crippen LogP) is 2.66. The lowest BCUT2D eigenvalue weighted by Crippen LogP contribution is -2.28. The number of hydrogen-bond acceptors (Lipinski definition) is 8. The van der Waals surface area contributed by atoms with Crippen LogP contribution in [0.5, 0.6) is 0 Å². The van der Waals surface area contributed by atoms with Crippen molar-refractivity contribution in [3.63, 3.8) is 0 Å². The van der Waals surface area contributed by atoms with E-state index in [0.717, 1.165) is 22.2 Å². The average molecular weight is 391 g/mol. The first-order valence-corrected chi connectivity index (χ1v) is 9.25. The zero-order valence-corrected chi connectivity index (χ0v) is 15.6. The summed E-state index contributed by atoms with van der Waals surface area (Å²) in [6.07, 6.45) is 3.39. The van der Waals surface area contributed by atoms with Crippen LogP contribution in [0.1, 0.15) is 5.69 Å². The number of pyridine rings is 1. The molecule has 0 aliphatic rings. The van der Waals surface area contributed by atoms with Gasteiger partial charge in [0.25, 0.3) is 0 Å². The van der Waals surface area contributed by atoms with Crippen LogP contribution in [-0.2, 0) is 6.54 Å². The number of aliphatic hydroxyl groups excluding tert-OH is 2. The van der Waals surface area contributed by atoms with Crippen LogP contribution in [0.25, 0.3) is 22.2 Å². The molecular formula is C21H21N5O3. The van der Waals surface area contributed by atoms with Crippen LogP contribution >= 0.6 is 0 Å². The summed E-state index contributed by atoms with van der Waals surface area (Å²) < 4.78 is 5.71. The molecular weight excluding hydrogens is 370 g/mol. The minimum absolute atomic E-state index is 0.248. The third-order valence-corrected chi connectivity index (χ3v) is 4.46. The number of hydrogen-bond donors (Lipinski definition) is 4. The Hall–Kier alpha value is -3.49. The molecule has 0 bridgehead atoms. The van der Waals surface area contributed by atoms with E-state index in [2.05, 4.69) is 25.6 Å². The molecule has 0 fully saturated rings. The fraction of sp³-hybridized carbons (Fsp3) is 0.190. The van der Waals surface area contributed by atoms with Crippen LogP contribution in [0.4, 0.5) is 11.8 Å². The van der Waals surface area contributed by atoms with Gasteiger partial charge in [0.05, 0.1) is 36.9 Å². The molecule has 4 N–H and O–H groups in total. The first kappa shape index (κ1) is 18.9. The molecule has 0 radical (unpaired) electrons. The first-order valence-electron chi connectivity index (χ1n) is 9.25. The van der Waals surface area contributed by atoms with E-state index in [0.29, 0.717) is 18.1 Å². The summed E-state index contributed by atoms with van der Waals surface area (Å²) in [4.78, 5) is 13.3. The summed E-state index contributed by atoms with van der Waals surface area (Å²) >= 11 is 0. The Balaban J connectivity index is 1.75. The van der Waals surface area contributed by atoms with Crippen molar-refractivity contribution in [3.05, 3.63) is 66.7 Å². The van der Waals surface area contributed by atoms with Crippen molar-refractivity contribution in [1.82, 2.24) is 15.0 Å². The van der Waals surface area contributed by atoms with Gasteiger partial charge in [-0.2, -0.15) is 9.97 Å². The van der Waals surface area contributed by atoms with Gasteiger partial charge < -0.3 is 25.3 Å². The highest BCUT2D eigenvalue weighted by molar-refractivity contribution is 6.00. The number of anilines is 2. The van der Waals surface area contributed by atoms with Gasteiger partial charge in [-0.3, -0.25) is 4.98 Å². The van der Waals surface area contributed by atoms with Gasteiger partial charge in [0.1, 0.15) is 12.1 Å². The predicted molar refractivity (Wildman–Crippen MR) is 110 cm³/mol. The van der Waals surface area contributed by atoms with Crippen molar-refractivity contribution in [2.75, 3.05) is 23.8 Å². The quantitative estimate of drug-likeness (QED) is 0.362. The van der Waals surface area contributed by atoms with Crippen LogP contribution in [0.2, 0.25) is 0 Å². The number of aliphatic hydroxyl groups is 2. The third-order valence-electron chi connectivity index (χ3n) is 4.46. The van der Waals surface area contributed by atoms with Crippen molar-refractivity contribution in [2.45, 2.75) is 12.6 Å². The molecule has 0 atom stereocenters. The van der Waals surface area contributed by atoms with E-state index in [1.165, 1.54) is 0 Å². The Morgan fingerprint density at radius 2 is 1.76 bits per heavy atom. The number of rotatable bonds is 8. The van der Waals surface area contributed by atoms with Crippen molar-refractivity contribution in [3.8, 4) is 11.1 Å². The van der Waals surface area contributed by atoms with Gasteiger partial charge in [-0.25, -0.2) is 0 Å². The maximum atomic E-state index is 9.35. The van der Waals surface area contributed by atoms with E-state index in [1.807, 2.05) is 48.5 Å². The minimum atomic E-state index is -0.570. The van der Waals surface area contributed by atoms with Gasteiger partial charge in [-0.1, -0.05) is 36.4 Å². The zero-order valence-electron chi connectivity index (χ0n) is 15.6. The van der Waals surface area contributed by atoms with Crippen LogP contribution in [0.15, 0.2) is 65.4 Å². The summed E-state index contributed by atoms with van der Waals surface area (Å²) in [5.41, 5.74) is 3.12. The Morgan fingerprint density at radius 3 is 2.48 bits per heavy atom. The summed E-state index contributed by atoms with van der Waals surface area (Å²) in [5, 5.41) is 25.7. The lowest BCUT2D eigenvalue weighted by molar-refractivity contribution is 0.203. The standard InChI is InChI=1S/C21H21N5O3/c27-11-16(12-28)24-21-25-19(23-10-15-8-4-5-9-22-15)18-17(13-29-20(18)26-21)14-6-2-1-3-7-14/h1-9,13,16,27-28H,10-12H2,(H2,23,24,25,26). The molecule has 0 aliphatic carbocycles. The molecule has 3 heterocycles. The maximum absolute atomic E-state index is 9.35. The fourth-order valence-electron chi connectivity index (χ4n) is 2.97. The Labute approximate surface area is 167 Å². The van der Waals surface area contributed by atoms with E-state index in [4.69, 9.17) is 4.42 Å². The number of fused-ring (bicyclic) bond motifs is 1. The van der Waals surface area contributed by atoms with Crippen molar-refractivity contribution in [2.24, 2.45) is 0 Å². The molecule has 0 saturated carbocycles. The van der Waals surface area contributed by atoms with E-state index in [9.17, 15) is 10.2 Å². The normalized spacial score (nSPS) is 11.1. The van der Waals surface area contributed by atoms with Crippen molar-refractivity contribution in [1.29, 1.82) is 0 Å². The summed E-state index contributed by atoms with van der Waals surface area (Å²) in [7, 11) is 0. The molecule has 1 aromatic carbocycles. The molecule has 4 aromatic rings. The Bertz CT molecular complexity index is 1070. The smallest absolute Gasteiger partial charge is 0.233 e. The van der Waals surface area contributed by atoms with Gasteiger partial charge in [0.15, 0.2) is 0 Å². The van der Waals surface area contributed by atoms with Gasteiger partial charge in [-0.15, -0.1) is 0 Å². The molecule has 29 heavy (non-hydrogen) atoms. The molecule has 148 valence electrons. The average Bonchev–Trinajstić information content (AvgIpc) is 3.21. The van der Waals surface area contributed by atoms with Gasteiger partial charge in [0, 0.05) is 11.8 Å². The van der Waals surface area contributed by atoms with E-state index in [-0.39, 0.29) is 19.2 Å². The molecule has 0 spiro atoms. The fourth-order valence-corrected chi connectivity index (χ4v) is 2.97. The van der Waals surface area contributed by atoms with Crippen LogP contribution in [-0.4, -0.2) is 44.4 Å². The SMILES string of the molecule is OCC(CO)Nc1nc(NCc2ccccn2)c2c(-c3ccccc3)coc2n1. The summed E-state index contributed by atoms with van der Waals surface area (Å²) in [6.45, 7) is -0.0285. The topological polar surface area (TPSA) is 116 Å². The second-order valence-electron chi connectivity index (χ2n) is 6.47. The van der Waals surface area contributed by atoms with Gasteiger partial charge >= 0.3 is 0 Å². The summed E-state index contributed by atoms with van der Waals surface area (Å²) in [6, 6.07) is 15.0. The van der Waals surface area contributed by atoms with Gasteiger partial charge in [0.2, 0.25) is 11.7 Å². The number of furan rings is 1. The number of nitrogens with zero attached hydrogens (tertiary/aromatic N) is 3. The van der Waals surface area contributed by atoms with Crippen molar-refractivity contribution >= 4 is 22.9 Å². The third kappa shape index (κ3) is 4.18. The molecule has 4 rings (SSSR count). The van der Waals surface area contributed by atoms with Crippen LogP contribution in [0, 0.1) is 0 Å². The highest BCUT2D eigenvalue weighted by Crippen LogP contribution is 2.34. The molecule has 0 amide bonds. The Morgan fingerprint density at radius 1 is 0.966 bits per heavy atom. The lowest BCUT2D eigenvalue weighted by Gasteiger charge is -2.15. The van der Waals surface area contributed by atoms with Crippen LogP contribution in [0.3, 0.4) is 0 Å². The van der Waals surface area contributed by atoms with E-state index >= 15 is 0 Å². The molecule has 8 heteroatoms. The number of aromatic nitrogens is 3.